The van der Waals surface area contributed by atoms with Crippen molar-refractivity contribution in [3.63, 3.8) is 0 Å². The van der Waals surface area contributed by atoms with Gasteiger partial charge in [-0.25, -0.2) is 0 Å². The number of para-hydroxylation sites is 1. The molecule has 0 unspecified atom stereocenters. The van der Waals surface area contributed by atoms with Crippen LogP contribution in [0.1, 0.15) is 16.1 Å². The van der Waals surface area contributed by atoms with E-state index in [0.29, 0.717) is 23.5 Å². The minimum atomic E-state index is -0.546. The number of hydrogen-bond acceptors (Lipinski definition) is 5. The van der Waals surface area contributed by atoms with E-state index in [0.717, 1.165) is 5.69 Å². The minimum Gasteiger partial charge on any atom is -0.396 e. The van der Waals surface area contributed by atoms with Crippen LogP contribution in [0.5, 0.6) is 0 Å². The van der Waals surface area contributed by atoms with Crippen molar-refractivity contribution in [3.8, 4) is 0 Å². The Balaban J connectivity index is 2.15. The van der Waals surface area contributed by atoms with E-state index in [9.17, 15) is 4.79 Å². The third kappa shape index (κ3) is 2.54. The van der Waals surface area contributed by atoms with E-state index >= 15 is 0 Å². The first-order valence-corrected chi connectivity index (χ1v) is 5.37. The average molecular weight is 243 g/mol. The van der Waals surface area contributed by atoms with Crippen molar-refractivity contribution in [1.82, 2.24) is 10.2 Å². The smallest absolute Gasteiger partial charge is 0.250 e. The Morgan fingerprint density at radius 1 is 1.28 bits per heavy atom. The number of primary amides is 1. The lowest BCUT2D eigenvalue weighted by Gasteiger charge is -2.10. The van der Waals surface area contributed by atoms with Gasteiger partial charge in [-0.05, 0) is 24.3 Å². The molecule has 1 aromatic carbocycles. The van der Waals surface area contributed by atoms with Gasteiger partial charge >= 0.3 is 0 Å². The summed E-state index contributed by atoms with van der Waals surface area (Å²) in [5.41, 5.74) is 13.1. The summed E-state index contributed by atoms with van der Waals surface area (Å²) in [6.45, 7) is 0.472. The molecule has 0 atom stereocenters. The second kappa shape index (κ2) is 5.13. The number of nitrogens with zero attached hydrogens (tertiary/aromatic N) is 2. The molecule has 0 aliphatic heterocycles. The highest BCUT2D eigenvalue weighted by Crippen LogP contribution is 2.22. The van der Waals surface area contributed by atoms with Crippen molar-refractivity contribution in [2.75, 3.05) is 11.1 Å². The van der Waals surface area contributed by atoms with Crippen LogP contribution in [0, 0.1) is 0 Å². The molecule has 0 radical (unpaired) electrons. The van der Waals surface area contributed by atoms with Crippen LogP contribution in [-0.4, -0.2) is 16.1 Å². The fourth-order valence-corrected chi connectivity index (χ4v) is 1.55. The molecular formula is C12H13N5O. The molecule has 2 aromatic rings. The van der Waals surface area contributed by atoms with Gasteiger partial charge in [0.2, 0.25) is 0 Å². The highest BCUT2D eigenvalue weighted by Gasteiger charge is 2.09. The molecule has 6 heteroatoms. The monoisotopic (exact) mass is 243 g/mol. The molecule has 0 spiro atoms. The fourth-order valence-electron chi connectivity index (χ4n) is 1.55. The van der Waals surface area contributed by atoms with Crippen molar-refractivity contribution in [3.05, 3.63) is 47.8 Å². The van der Waals surface area contributed by atoms with Crippen LogP contribution in [0.25, 0.3) is 0 Å². The molecule has 18 heavy (non-hydrogen) atoms. The van der Waals surface area contributed by atoms with Crippen LogP contribution in [0.15, 0.2) is 36.5 Å². The summed E-state index contributed by atoms with van der Waals surface area (Å²) in [5.74, 6) is -0.546. The second-order valence-corrected chi connectivity index (χ2v) is 3.70. The number of nitrogen functional groups attached to an aromatic ring is 1. The third-order valence-electron chi connectivity index (χ3n) is 2.46. The van der Waals surface area contributed by atoms with Gasteiger partial charge in [0.15, 0.2) is 0 Å². The number of nitrogens with two attached hydrogens (primary N) is 2. The number of nitrogens with one attached hydrogen (secondary N) is 1. The van der Waals surface area contributed by atoms with Gasteiger partial charge < -0.3 is 16.8 Å². The number of hydrogen-bond donors (Lipinski definition) is 3. The van der Waals surface area contributed by atoms with Gasteiger partial charge in [0.05, 0.1) is 29.2 Å². The SMILES string of the molecule is NC(=O)c1cccc(NCc2cccnn2)c1N. The van der Waals surface area contributed by atoms with E-state index in [1.807, 2.05) is 6.07 Å². The predicted octanol–water partition coefficient (Wildman–Crippen LogP) is 0.770. The van der Waals surface area contributed by atoms with Gasteiger partial charge in [-0.3, -0.25) is 4.79 Å². The molecule has 2 rings (SSSR count). The first kappa shape index (κ1) is 11.8. The Hall–Kier alpha value is -2.63. The normalized spacial score (nSPS) is 10.0. The minimum absolute atomic E-state index is 0.305. The third-order valence-corrected chi connectivity index (χ3v) is 2.46. The molecule has 92 valence electrons. The number of anilines is 2. The van der Waals surface area contributed by atoms with E-state index < -0.39 is 5.91 Å². The van der Waals surface area contributed by atoms with Gasteiger partial charge in [0.1, 0.15) is 0 Å². The molecular weight excluding hydrogens is 230 g/mol. The maximum absolute atomic E-state index is 11.1. The molecule has 1 heterocycles. The van der Waals surface area contributed by atoms with Crippen LogP contribution in [0.3, 0.4) is 0 Å². The van der Waals surface area contributed by atoms with E-state index in [1.165, 1.54) is 0 Å². The summed E-state index contributed by atoms with van der Waals surface area (Å²) in [4.78, 5) is 11.1. The Labute approximate surface area is 104 Å². The summed E-state index contributed by atoms with van der Waals surface area (Å²) in [5, 5.41) is 10.8. The molecule has 5 N–H and O–H groups in total. The van der Waals surface area contributed by atoms with Crippen LogP contribution < -0.4 is 16.8 Å². The van der Waals surface area contributed by atoms with Gasteiger partial charge in [-0.1, -0.05) is 6.07 Å². The number of aromatic nitrogens is 2. The largest absolute Gasteiger partial charge is 0.396 e. The highest BCUT2D eigenvalue weighted by atomic mass is 16.1. The summed E-state index contributed by atoms with van der Waals surface area (Å²) in [6, 6.07) is 8.72. The quantitative estimate of drug-likeness (QED) is 0.687. The van der Waals surface area contributed by atoms with Crippen molar-refractivity contribution in [2.45, 2.75) is 6.54 Å². The van der Waals surface area contributed by atoms with Gasteiger partial charge in [-0.15, -0.1) is 0 Å². The zero-order valence-electron chi connectivity index (χ0n) is 9.63. The maximum atomic E-state index is 11.1. The number of carbonyl (C=O) groups is 1. The molecule has 0 saturated heterocycles. The molecule has 0 saturated carbocycles. The Morgan fingerprint density at radius 2 is 2.11 bits per heavy atom. The molecule has 1 amide bonds. The Bertz CT molecular complexity index is 556. The first-order valence-electron chi connectivity index (χ1n) is 5.37. The summed E-state index contributed by atoms with van der Waals surface area (Å²) in [7, 11) is 0. The molecule has 0 bridgehead atoms. The first-order chi connectivity index (χ1) is 8.68. The zero-order chi connectivity index (χ0) is 13.0. The molecule has 0 aliphatic carbocycles. The van der Waals surface area contributed by atoms with Gasteiger partial charge in [-0.2, -0.15) is 10.2 Å². The molecule has 0 fully saturated rings. The maximum Gasteiger partial charge on any atom is 0.250 e. The lowest BCUT2D eigenvalue weighted by molar-refractivity contribution is 0.100. The summed E-state index contributed by atoms with van der Waals surface area (Å²) in [6.07, 6.45) is 1.60. The highest BCUT2D eigenvalue weighted by molar-refractivity contribution is 6.00. The van der Waals surface area contributed by atoms with Crippen LogP contribution in [-0.2, 0) is 6.54 Å². The zero-order valence-corrected chi connectivity index (χ0v) is 9.63. The summed E-state index contributed by atoms with van der Waals surface area (Å²) >= 11 is 0. The molecule has 1 aromatic heterocycles. The number of rotatable bonds is 4. The van der Waals surface area contributed by atoms with Crippen molar-refractivity contribution in [1.29, 1.82) is 0 Å². The standard InChI is InChI=1S/C12H13N5O/c13-11-9(12(14)18)4-1-5-10(11)15-7-8-3-2-6-16-17-8/h1-6,15H,7,13H2,(H2,14,18). The topological polar surface area (TPSA) is 107 Å². The van der Waals surface area contributed by atoms with Crippen LogP contribution in [0.4, 0.5) is 11.4 Å². The van der Waals surface area contributed by atoms with Gasteiger partial charge in [0.25, 0.3) is 5.91 Å². The van der Waals surface area contributed by atoms with E-state index in [2.05, 4.69) is 15.5 Å². The van der Waals surface area contributed by atoms with Crippen LogP contribution in [0.2, 0.25) is 0 Å². The Morgan fingerprint density at radius 3 is 2.78 bits per heavy atom. The van der Waals surface area contributed by atoms with E-state index in [1.54, 1.807) is 30.5 Å². The predicted molar refractivity (Wildman–Crippen MR) is 68.7 cm³/mol. The van der Waals surface area contributed by atoms with Crippen molar-refractivity contribution >= 4 is 17.3 Å². The summed E-state index contributed by atoms with van der Waals surface area (Å²) < 4.78 is 0. The molecule has 0 aliphatic rings. The van der Waals surface area contributed by atoms with E-state index in [4.69, 9.17) is 11.5 Å². The molecule has 6 nitrogen and oxygen atoms in total. The fraction of sp³-hybridized carbons (Fsp3) is 0.0833. The van der Waals surface area contributed by atoms with E-state index in [-0.39, 0.29) is 0 Å². The number of amides is 1. The van der Waals surface area contributed by atoms with Crippen molar-refractivity contribution < 1.29 is 4.79 Å². The number of benzene rings is 1. The lowest BCUT2D eigenvalue weighted by atomic mass is 10.1. The Kier molecular flexibility index (Phi) is 3.38. The van der Waals surface area contributed by atoms with Gasteiger partial charge in [0, 0.05) is 6.20 Å². The van der Waals surface area contributed by atoms with Crippen molar-refractivity contribution in [2.24, 2.45) is 5.73 Å². The number of carbonyl (C=O) groups excluding carboxylic acids is 1. The lowest BCUT2D eigenvalue weighted by Crippen LogP contribution is -2.15. The second-order valence-electron chi connectivity index (χ2n) is 3.70. The average Bonchev–Trinajstić information content (AvgIpc) is 2.38. The van der Waals surface area contributed by atoms with Crippen LogP contribution >= 0.6 is 0 Å².